The summed E-state index contributed by atoms with van der Waals surface area (Å²) in [5.41, 5.74) is -0.827. The minimum absolute atomic E-state index is 0.00447. The SMILES string of the molecule is CC(C)Cn1cc(C(NS(=O)(=O)C(C)(C)C)C(F)(F)F)c2ccc(-c3ccccc3C(F)(F)F)cc21. The Morgan fingerprint density at radius 3 is 2.08 bits per heavy atom. The molecule has 2 aromatic carbocycles. The molecule has 11 heteroatoms. The molecule has 3 rings (SSSR count). The molecular formula is C25H28F6N2O2S. The van der Waals surface area contributed by atoms with Crippen LogP contribution in [-0.4, -0.2) is 23.9 Å². The van der Waals surface area contributed by atoms with E-state index in [0.717, 1.165) is 6.07 Å². The van der Waals surface area contributed by atoms with Crippen LogP contribution in [0.2, 0.25) is 0 Å². The van der Waals surface area contributed by atoms with Gasteiger partial charge in [-0.2, -0.15) is 31.1 Å². The Bertz CT molecular complexity index is 1350. The molecule has 3 aromatic rings. The Hall–Kier alpha value is -2.53. The monoisotopic (exact) mass is 534 g/mol. The molecule has 1 atom stereocenters. The molecule has 0 saturated carbocycles. The van der Waals surface area contributed by atoms with E-state index in [1.807, 2.05) is 18.6 Å². The standard InChI is InChI=1S/C25H28F6N2O2S/c1-15(2)13-33-14-19(22(25(29,30)31)32-36(34,35)23(3,4)5)18-11-10-16(12-21(18)33)17-8-6-7-9-20(17)24(26,27)28/h6-12,14-15,22,32H,13H2,1-5H3. The largest absolute Gasteiger partial charge is 0.417 e. The second kappa shape index (κ2) is 9.41. The quantitative estimate of drug-likeness (QED) is 0.337. The molecule has 1 unspecified atom stereocenters. The van der Waals surface area contributed by atoms with E-state index in [9.17, 15) is 34.8 Å². The predicted octanol–water partition coefficient (Wildman–Crippen LogP) is 7.30. The van der Waals surface area contributed by atoms with Crippen molar-refractivity contribution in [2.75, 3.05) is 0 Å². The lowest BCUT2D eigenvalue weighted by Gasteiger charge is -2.26. The fourth-order valence-corrected chi connectivity index (χ4v) is 4.81. The van der Waals surface area contributed by atoms with Crippen molar-refractivity contribution in [2.24, 2.45) is 5.92 Å². The zero-order valence-electron chi connectivity index (χ0n) is 20.4. The van der Waals surface area contributed by atoms with Crippen LogP contribution in [-0.2, 0) is 22.7 Å². The summed E-state index contributed by atoms with van der Waals surface area (Å²) >= 11 is 0. The number of fused-ring (bicyclic) bond motifs is 1. The number of benzene rings is 2. The van der Waals surface area contributed by atoms with Gasteiger partial charge in [0.25, 0.3) is 0 Å². The van der Waals surface area contributed by atoms with Crippen molar-refractivity contribution in [3.8, 4) is 11.1 Å². The molecule has 198 valence electrons. The second-order valence-electron chi connectivity index (χ2n) is 10.1. The third kappa shape index (κ3) is 5.72. The van der Waals surface area contributed by atoms with Gasteiger partial charge >= 0.3 is 12.4 Å². The van der Waals surface area contributed by atoms with Crippen molar-refractivity contribution in [3.63, 3.8) is 0 Å². The predicted molar refractivity (Wildman–Crippen MR) is 128 cm³/mol. The Kier molecular flexibility index (Phi) is 7.33. The number of halogens is 6. The lowest BCUT2D eigenvalue weighted by atomic mass is 9.97. The number of alkyl halides is 6. The van der Waals surface area contributed by atoms with Crippen LogP contribution in [0.3, 0.4) is 0 Å². The number of rotatable bonds is 6. The van der Waals surface area contributed by atoms with Crippen LogP contribution >= 0.6 is 0 Å². The average Bonchev–Trinajstić information content (AvgIpc) is 3.06. The highest BCUT2D eigenvalue weighted by Gasteiger charge is 2.46. The van der Waals surface area contributed by atoms with Gasteiger partial charge in [-0.05, 0) is 49.9 Å². The van der Waals surface area contributed by atoms with Crippen molar-refractivity contribution >= 4 is 20.9 Å². The maximum atomic E-state index is 14.2. The first-order valence-corrected chi connectivity index (χ1v) is 12.7. The van der Waals surface area contributed by atoms with Crippen molar-refractivity contribution < 1.29 is 34.8 Å². The summed E-state index contributed by atoms with van der Waals surface area (Å²) < 4.78 is 111. The Morgan fingerprint density at radius 2 is 1.56 bits per heavy atom. The van der Waals surface area contributed by atoms with E-state index in [1.54, 1.807) is 0 Å². The van der Waals surface area contributed by atoms with Crippen LogP contribution in [0.5, 0.6) is 0 Å². The van der Waals surface area contributed by atoms with Gasteiger partial charge in [-0.15, -0.1) is 0 Å². The summed E-state index contributed by atoms with van der Waals surface area (Å²) in [6.45, 7) is 7.83. The lowest BCUT2D eigenvalue weighted by molar-refractivity contribution is -0.152. The van der Waals surface area contributed by atoms with E-state index in [-0.39, 0.29) is 40.1 Å². The number of sulfonamides is 1. The van der Waals surface area contributed by atoms with Gasteiger partial charge in [0, 0.05) is 29.2 Å². The highest BCUT2D eigenvalue weighted by Crippen LogP contribution is 2.42. The molecule has 0 aliphatic rings. The van der Waals surface area contributed by atoms with Gasteiger partial charge < -0.3 is 4.57 Å². The number of nitrogens with zero attached hydrogens (tertiary/aromatic N) is 1. The van der Waals surface area contributed by atoms with Gasteiger partial charge in [0.15, 0.2) is 0 Å². The van der Waals surface area contributed by atoms with Crippen molar-refractivity contribution in [1.29, 1.82) is 0 Å². The van der Waals surface area contributed by atoms with E-state index in [2.05, 4.69) is 0 Å². The third-order valence-corrected chi connectivity index (χ3v) is 7.89. The first kappa shape index (κ1) is 28.0. The molecule has 36 heavy (non-hydrogen) atoms. The maximum absolute atomic E-state index is 14.2. The molecule has 1 heterocycles. The smallest absolute Gasteiger partial charge is 0.347 e. The van der Waals surface area contributed by atoms with E-state index < -0.39 is 38.7 Å². The van der Waals surface area contributed by atoms with Crippen molar-refractivity contribution in [1.82, 2.24) is 9.29 Å². The summed E-state index contributed by atoms with van der Waals surface area (Å²) in [7, 11) is -4.39. The van der Waals surface area contributed by atoms with E-state index in [1.165, 1.54) is 67.9 Å². The Morgan fingerprint density at radius 1 is 0.944 bits per heavy atom. The maximum Gasteiger partial charge on any atom is 0.417 e. The molecular weight excluding hydrogens is 506 g/mol. The third-order valence-electron chi connectivity index (χ3n) is 5.74. The molecule has 0 amide bonds. The van der Waals surface area contributed by atoms with Crippen LogP contribution in [0.25, 0.3) is 22.0 Å². The van der Waals surface area contributed by atoms with E-state index in [0.29, 0.717) is 0 Å². The number of hydrogen-bond acceptors (Lipinski definition) is 2. The summed E-state index contributed by atoms with van der Waals surface area (Å²) in [4.78, 5) is 0. The van der Waals surface area contributed by atoms with E-state index in [4.69, 9.17) is 0 Å². The van der Waals surface area contributed by atoms with Gasteiger partial charge in [0.1, 0.15) is 6.04 Å². The lowest BCUT2D eigenvalue weighted by Crippen LogP contribution is -2.45. The first-order chi connectivity index (χ1) is 16.3. The molecule has 0 radical (unpaired) electrons. The van der Waals surface area contributed by atoms with Gasteiger partial charge in [0.2, 0.25) is 10.0 Å². The van der Waals surface area contributed by atoms with Crippen LogP contribution in [0.1, 0.15) is 51.8 Å². The fraction of sp³-hybridized carbons (Fsp3) is 0.440. The van der Waals surface area contributed by atoms with Crippen molar-refractivity contribution in [2.45, 2.75) is 64.3 Å². The normalized spacial score (nSPS) is 14.6. The topological polar surface area (TPSA) is 51.1 Å². The molecule has 0 aliphatic carbocycles. The van der Waals surface area contributed by atoms with Gasteiger partial charge in [-0.25, -0.2) is 8.42 Å². The highest BCUT2D eigenvalue weighted by atomic mass is 32.2. The zero-order valence-corrected chi connectivity index (χ0v) is 21.2. The van der Waals surface area contributed by atoms with Crippen LogP contribution in [0.4, 0.5) is 26.3 Å². The van der Waals surface area contributed by atoms with Gasteiger partial charge in [-0.1, -0.05) is 44.2 Å². The fourth-order valence-electron chi connectivity index (χ4n) is 3.88. The van der Waals surface area contributed by atoms with Crippen LogP contribution < -0.4 is 4.72 Å². The van der Waals surface area contributed by atoms with Crippen LogP contribution in [0.15, 0.2) is 48.7 Å². The Labute approximate surface area is 206 Å². The highest BCUT2D eigenvalue weighted by molar-refractivity contribution is 7.90. The summed E-state index contributed by atoms with van der Waals surface area (Å²) in [6, 6.07) is 6.47. The summed E-state index contributed by atoms with van der Waals surface area (Å²) in [5, 5.41) is 0.0998. The first-order valence-electron chi connectivity index (χ1n) is 11.2. The second-order valence-corrected chi connectivity index (χ2v) is 12.6. The van der Waals surface area contributed by atoms with Crippen molar-refractivity contribution in [3.05, 3.63) is 59.8 Å². The molecule has 0 spiro atoms. The minimum Gasteiger partial charge on any atom is -0.347 e. The minimum atomic E-state index is -4.96. The molecule has 0 fully saturated rings. The number of hydrogen-bond donors (Lipinski definition) is 1. The summed E-state index contributed by atoms with van der Waals surface area (Å²) in [5.74, 6) is -0.00447. The molecule has 1 N–H and O–H groups in total. The molecule has 0 aliphatic heterocycles. The zero-order chi connectivity index (χ0) is 27.3. The molecule has 0 saturated heterocycles. The van der Waals surface area contributed by atoms with Crippen LogP contribution in [0, 0.1) is 5.92 Å². The molecule has 0 bridgehead atoms. The average molecular weight is 535 g/mol. The number of aromatic nitrogens is 1. The van der Waals surface area contributed by atoms with Gasteiger partial charge in [0.05, 0.1) is 10.3 Å². The van der Waals surface area contributed by atoms with Gasteiger partial charge in [-0.3, -0.25) is 0 Å². The van der Waals surface area contributed by atoms with E-state index >= 15 is 0 Å². The summed E-state index contributed by atoms with van der Waals surface area (Å²) in [6.07, 6.45) is -8.35. The Balaban J connectivity index is 2.27. The molecule has 1 aromatic heterocycles. The molecule has 4 nitrogen and oxygen atoms in total. The number of nitrogens with one attached hydrogen (secondary N) is 1.